The maximum absolute atomic E-state index is 5.51. The van der Waals surface area contributed by atoms with Crippen molar-refractivity contribution in [3.8, 4) is 0 Å². The van der Waals surface area contributed by atoms with Gasteiger partial charge in [-0.3, -0.25) is 0 Å². The minimum absolute atomic E-state index is 0.0503. The molecule has 0 aromatic rings. The Morgan fingerprint density at radius 2 is 1.00 bits per heavy atom. The van der Waals surface area contributed by atoms with E-state index in [1.807, 2.05) is 41.5 Å². The second-order valence-electron chi connectivity index (χ2n) is 4.51. The zero-order chi connectivity index (χ0) is 9.12. The summed E-state index contributed by atoms with van der Waals surface area (Å²) < 4.78 is 11.0. The maximum atomic E-state index is 5.51. The molecule has 0 bridgehead atoms. The van der Waals surface area contributed by atoms with Crippen molar-refractivity contribution < 1.29 is 7.53 Å². The summed E-state index contributed by atoms with van der Waals surface area (Å²) >= 11 is -0.681. The molecule has 0 spiro atoms. The number of hydrogen-bond acceptors (Lipinski definition) is 2. The van der Waals surface area contributed by atoms with Gasteiger partial charge < -0.3 is 0 Å². The van der Waals surface area contributed by atoms with Crippen LogP contribution >= 0.6 is 0 Å². The molecule has 0 heterocycles. The third kappa shape index (κ3) is 10.5. The fraction of sp³-hybridized carbons (Fsp3) is 1.00. The molecule has 0 aliphatic rings. The van der Waals surface area contributed by atoms with Crippen LogP contribution in [0.1, 0.15) is 41.5 Å². The molecular formula is C8H18GeO2. The molecule has 2 nitrogen and oxygen atoms in total. The van der Waals surface area contributed by atoms with Crippen molar-refractivity contribution in [2.24, 2.45) is 0 Å². The first-order valence-electron chi connectivity index (χ1n) is 3.82. The molecule has 11 heavy (non-hydrogen) atoms. The van der Waals surface area contributed by atoms with E-state index in [9.17, 15) is 0 Å². The predicted molar refractivity (Wildman–Crippen MR) is 47.4 cm³/mol. The van der Waals surface area contributed by atoms with E-state index in [-0.39, 0.29) is 11.2 Å². The van der Waals surface area contributed by atoms with Crippen molar-refractivity contribution in [3.05, 3.63) is 0 Å². The van der Waals surface area contributed by atoms with E-state index < -0.39 is 16.1 Å². The van der Waals surface area contributed by atoms with Crippen LogP contribution < -0.4 is 0 Å². The van der Waals surface area contributed by atoms with Gasteiger partial charge in [0.2, 0.25) is 0 Å². The van der Waals surface area contributed by atoms with E-state index in [1.165, 1.54) is 0 Å². The van der Waals surface area contributed by atoms with Gasteiger partial charge in [-0.1, -0.05) is 0 Å². The predicted octanol–water partition coefficient (Wildman–Crippen LogP) is 2.15. The molecule has 0 rings (SSSR count). The Hall–Kier alpha value is 0.463. The van der Waals surface area contributed by atoms with Crippen molar-refractivity contribution in [1.29, 1.82) is 0 Å². The molecule has 2 radical (unpaired) electrons. The summed E-state index contributed by atoms with van der Waals surface area (Å²) in [6, 6.07) is 0. The topological polar surface area (TPSA) is 18.5 Å². The quantitative estimate of drug-likeness (QED) is 0.662. The minimum atomic E-state index is -0.681. The van der Waals surface area contributed by atoms with Gasteiger partial charge in [0.1, 0.15) is 0 Å². The summed E-state index contributed by atoms with van der Waals surface area (Å²) in [5.41, 5.74) is -0.101. The van der Waals surface area contributed by atoms with E-state index >= 15 is 0 Å². The summed E-state index contributed by atoms with van der Waals surface area (Å²) in [5, 5.41) is 0. The Labute approximate surface area is 76.8 Å². The summed E-state index contributed by atoms with van der Waals surface area (Å²) in [6.07, 6.45) is 0. The molecule has 0 aromatic carbocycles. The third-order valence-corrected chi connectivity index (χ3v) is 3.61. The summed E-state index contributed by atoms with van der Waals surface area (Å²) in [5.74, 6) is 0. The van der Waals surface area contributed by atoms with Gasteiger partial charge >= 0.3 is 76.4 Å². The fourth-order valence-corrected chi connectivity index (χ4v) is 1.41. The first-order chi connectivity index (χ1) is 4.71. The summed E-state index contributed by atoms with van der Waals surface area (Å²) in [6.45, 7) is 12.3. The molecule has 0 N–H and O–H groups in total. The Morgan fingerprint density at radius 1 is 0.727 bits per heavy atom. The zero-order valence-electron chi connectivity index (χ0n) is 8.32. The van der Waals surface area contributed by atoms with Crippen LogP contribution in [0.15, 0.2) is 0 Å². The summed E-state index contributed by atoms with van der Waals surface area (Å²) in [7, 11) is 0. The fourth-order valence-electron chi connectivity index (χ4n) is 0.271. The first-order valence-corrected chi connectivity index (χ1v) is 5.53. The Bertz CT molecular complexity index is 96.2. The Kier molecular flexibility index (Phi) is 4.08. The molecule has 0 aliphatic carbocycles. The average Bonchev–Trinajstić information content (AvgIpc) is 1.55. The third-order valence-electron chi connectivity index (χ3n) is 0.696. The van der Waals surface area contributed by atoms with Gasteiger partial charge in [0.25, 0.3) is 0 Å². The van der Waals surface area contributed by atoms with Crippen molar-refractivity contribution in [2.75, 3.05) is 0 Å². The van der Waals surface area contributed by atoms with Crippen molar-refractivity contribution >= 4 is 16.1 Å². The van der Waals surface area contributed by atoms with Crippen LogP contribution in [-0.4, -0.2) is 27.3 Å². The first kappa shape index (κ1) is 11.5. The molecule has 66 valence electrons. The van der Waals surface area contributed by atoms with E-state index in [1.54, 1.807) is 0 Å². The van der Waals surface area contributed by atoms with Gasteiger partial charge in [0.15, 0.2) is 0 Å². The monoisotopic (exact) mass is 220 g/mol. The molecule has 0 amide bonds. The van der Waals surface area contributed by atoms with Gasteiger partial charge in [0, 0.05) is 0 Å². The molecule has 0 unspecified atom stereocenters. The molecular weight excluding hydrogens is 201 g/mol. The van der Waals surface area contributed by atoms with Gasteiger partial charge in [-0.05, 0) is 0 Å². The Morgan fingerprint density at radius 3 is 1.18 bits per heavy atom. The normalized spacial score (nSPS) is 13.6. The van der Waals surface area contributed by atoms with E-state index in [0.29, 0.717) is 0 Å². The van der Waals surface area contributed by atoms with E-state index in [0.717, 1.165) is 0 Å². The zero-order valence-corrected chi connectivity index (χ0v) is 10.4. The van der Waals surface area contributed by atoms with Gasteiger partial charge in [0.05, 0.1) is 0 Å². The second-order valence-corrected chi connectivity index (χ2v) is 5.72. The van der Waals surface area contributed by atoms with Crippen molar-refractivity contribution in [2.45, 2.75) is 52.7 Å². The van der Waals surface area contributed by atoms with Gasteiger partial charge in [-0.15, -0.1) is 0 Å². The molecule has 3 heteroatoms. The Balaban J connectivity index is 3.44. The SMILES string of the molecule is CC(C)(C)[O][Ge][O]C(C)(C)C. The molecule has 0 aromatic heterocycles. The second kappa shape index (κ2) is 3.92. The number of rotatable bonds is 2. The van der Waals surface area contributed by atoms with Crippen LogP contribution in [0, 0.1) is 0 Å². The van der Waals surface area contributed by atoms with Gasteiger partial charge in [-0.25, -0.2) is 0 Å². The summed E-state index contributed by atoms with van der Waals surface area (Å²) in [4.78, 5) is 0. The van der Waals surface area contributed by atoms with E-state index in [2.05, 4.69) is 0 Å². The van der Waals surface area contributed by atoms with E-state index in [4.69, 9.17) is 7.53 Å². The molecule has 0 atom stereocenters. The average molecular weight is 219 g/mol. The van der Waals surface area contributed by atoms with Crippen LogP contribution in [0.2, 0.25) is 0 Å². The standard InChI is InChI=1S/C8H18GeO2/c1-7(2,3)10-9-11-8(4,5)6/h1-6H3. The molecule has 0 saturated heterocycles. The van der Waals surface area contributed by atoms with Crippen LogP contribution in [0.3, 0.4) is 0 Å². The molecule has 0 aliphatic heterocycles. The van der Waals surface area contributed by atoms with Crippen LogP contribution in [0.25, 0.3) is 0 Å². The molecule has 0 fully saturated rings. The van der Waals surface area contributed by atoms with Crippen LogP contribution in [0.5, 0.6) is 0 Å². The van der Waals surface area contributed by atoms with Crippen LogP contribution in [0.4, 0.5) is 0 Å². The molecule has 0 saturated carbocycles. The van der Waals surface area contributed by atoms with Crippen molar-refractivity contribution in [3.63, 3.8) is 0 Å². The van der Waals surface area contributed by atoms with Crippen molar-refractivity contribution in [1.82, 2.24) is 0 Å². The van der Waals surface area contributed by atoms with Gasteiger partial charge in [-0.2, -0.15) is 0 Å². The van der Waals surface area contributed by atoms with Crippen LogP contribution in [-0.2, 0) is 7.53 Å². The number of hydrogen-bond donors (Lipinski definition) is 0.